The van der Waals surface area contributed by atoms with Gasteiger partial charge in [0.05, 0.1) is 22.0 Å². The molecule has 2 unspecified atom stereocenters. The van der Waals surface area contributed by atoms with Gasteiger partial charge in [-0.25, -0.2) is 16.8 Å². The number of rotatable bonds is 0. The van der Waals surface area contributed by atoms with Crippen molar-refractivity contribution in [3.8, 4) is 0 Å². The summed E-state index contributed by atoms with van der Waals surface area (Å²) in [6.45, 7) is 0. The third-order valence-corrected chi connectivity index (χ3v) is 11.4. The number of benzene rings is 1. The molecular formula is C16H14O5S2. The van der Waals surface area contributed by atoms with Crippen molar-refractivity contribution < 1.29 is 21.6 Å². The van der Waals surface area contributed by atoms with Crippen molar-refractivity contribution >= 4 is 19.7 Å². The fourth-order valence-electron chi connectivity index (χ4n) is 4.82. The second-order valence-electron chi connectivity index (χ2n) is 6.47. The van der Waals surface area contributed by atoms with Crippen LogP contribution < -0.4 is 0 Å². The van der Waals surface area contributed by atoms with Crippen LogP contribution in [0.2, 0.25) is 0 Å². The number of ether oxygens (including phenoxy) is 1. The van der Waals surface area contributed by atoms with E-state index < -0.39 is 41.4 Å². The summed E-state index contributed by atoms with van der Waals surface area (Å²) in [4.78, 5) is -0.175. The Morgan fingerprint density at radius 1 is 0.826 bits per heavy atom. The summed E-state index contributed by atoms with van der Waals surface area (Å²) in [6.07, 6.45) is 5.86. The molecule has 2 bridgehead atoms. The average molecular weight is 350 g/mol. The molecule has 0 N–H and O–H groups in total. The lowest BCUT2D eigenvalue weighted by Gasteiger charge is -2.51. The first-order chi connectivity index (χ1) is 10.9. The van der Waals surface area contributed by atoms with Crippen LogP contribution in [0.3, 0.4) is 0 Å². The van der Waals surface area contributed by atoms with Gasteiger partial charge in [-0.1, -0.05) is 36.4 Å². The van der Waals surface area contributed by atoms with E-state index >= 15 is 0 Å². The van der Waals surface area contributed by atoms with Gasteiger partial charge in [-0.3, -0.25) is 0 Å². The predicted octanol–water partition coefficient (Wildman–Crippen LogP) is 1.41. The maximum atomic E-state index is 13.5. The van der Waals surface area contributed by atoms with Crippen LogP contribution in [0.25, 0.3) is 0 Å². The standard InChI is InChI=1S/C16H14O5S2/c17-22(18)11-5-1-2-6-12(11)23(19,20)16-10-4-3-9-15(16,22)13-7-8-14(16)21-13/h1-8,13-14H,9-10H2/t13-,14+,15?,16?. The van der Waals surface area contributed by atoms with Crippen molar-refractivity contribution in [1.29, 1.82) is 0 Å². The van der Waals surface area contributed by atoms with Gasteiger partial charge in [-0.15, -0.1) is 0 Å². The molecule has 1 fully saturated rings. The second kappa shape index (κ2) is 3.79. The van der Waals surface area contributed by atoms with E-state index in [9.17, 15) is 16.8 Å². The maximum absolute atomic E-state index is 13.5. The van der Waals surface area contributed by atoms with Crippen LogP contribution in [0.4, 0.5) is 0 Å². The van der Waals surface area contributed by atoms with E-state index in [1.807, 2.05) is 0 Å². The Morgan fingerprint density at radius 3 is 1.70 bits per heavy atom. The Balaban J connectivity index is 2.03. The topological polar surface area (TPSA) is 77.5 Å². The molecule has 1 saturated heterocycles. The van der Waals surface area contributed by atoms with E-state index in [-0.39, 0.29) is 22.6 Å². The summed E-state index contributed by atoms with van der Waals surface area (Å²) in [5.41, 5.74) is 0. The van der Waals surface area contributed by atoms with Crippen molar-refractivity contribution in [3.63, 3.8) is 0 Å². The monoisotopic (exact) mass is 350 g/mol. The molecule has 7 heteroatoms. The summed E-state index contributed by atoms with van der Waals surface area (Å²) in [7, 11) is -7.72. The molecule has 1 aromatic rings. The van der Waals surface area contributed by atoms with Crippen LogP contribution in [0.1, 0.15) is 12.8 Å². The molecule has 0 aromatic heterocycles. The minimum absolute atomic E-state index is 0.0875. The van der Waals surface area contributed by atoms with Gasteiger partial charge in [0.25, 0.3) is 0 Å². The molecule has 0 radical (unpaired) electrons. The number of allylic oxidation sites excluding steroid dienone is 2. The van der Waals surface area contributed by atoms with E-state index in [0.717, 1.165) is 0 Å². The SMILES string of the molecule is O=S1(=O)c2ccccc2S(=O)(=O)C23CC=CCC21[C@@H]1C=C[C@H]3O1. The van der Waals surface area contributed by atoms with E-state index in [1.54, 1.807) is 36.4 Å². The van der Waals surface area contributed by atoms with Crippen LogP contribution in [0.5, 0.6) is 0 Å². The molecule has 0 amide bonds. The van der Waals surface area contributed by atoms with Gasteiger partial charge in [0.15, 0.2) is 19.7 Å². The van der Waals surface area contributed by atoms with E-state index in [1.165, 1.54) is 12.1 Å². The van der Waals surface area contributed by atoms with Crippen LogP contribution in [-0.4, -0.2) is 38.5 Å². The van der Waals surface area contributed by atoms with Gasteiger partial charge < -0.3 is 4.74 Å². The van der Waals surface area contributed by atoms with E-state index in [2.05, 4.69) is 0 Å². The Morgan fingerprint density at radius 2 is 1.26 bits per heavy atom. The molecular weight excluding hydrogens is 336 g/mol. The van der Waals surface area contributed by atoms with Gasteiger partial charge in [0, 0.05) is 0 Å². The summed E-state index contributed by atoms with van der Waals surface area (Å²) >= 11 is 0. The van der Waals surface area contributed by atoms with Gasteiger partial charge in [0.2, 0.25) is 0 Å². The van der Waals surface area contributed by atoms with Gasteiger partial charge in [0.1, 0.15) is 9.49 Å². The lowest BCUT2D eigenvalue weighted by Crippen LogP contribution is -2.70. The Hall–Kier alpha value is -1.44. The van der Waals surface area contributed by atoms with E-state index in [4.69, 9.17) is 4.74 Å². The van der Waals surface area contributed by atoms with Crippen molar-refractivity contribution in [3.05, 3.63) is 48.6 Å². The highest BCUT2D eigenvalue weighted by Crippen LogP contribution is 2.64. The predicted molar refractivity (Wildman–Crippen MR) is 82.5 cm³/mol. The highest BCUT2D eigenvalue weighted by molar-refractivity contribution is 8.00. The Kier molecular flexibility index (Phi) is 2.30. The highest BCUT2D eigenvalue weighted by atomic mass is 32.2. The van der Waals surface area contributed by atoms with Crippen molar-refractivity contribution in [2.45, 2.75) is 44.3 Å². The Labute approximate surface area is 134 Å². The average Bonchev–Trinajstić information content (AvgIpc) is 3.14. The molecule has 23 heavy (non-hydrogen) atoms. The van der Waals surface area contributed by atoms with Gasteiger partial charge in [-0.2, -0.15) is 0 Å². The molecule has 3 heterocycles. The maximum Gasteiger partial charge on any atom is 0.190 e. The molecule has 120 valence electrons. The third-order valence-electron chi connectivity index (χ3n) is 5.79. The lowest BCUT2D eigenvalue weighted by molar-refractivity contribution is 0.108. The number of hydrogen-bond acceptors (Lipinski definition) is 5. The summed E-state index contributed by atoms with van der Waals surface area (Å²) < 4.78 is 56.9. The second-order valence-corrected chi connectivity index (χ2v) is 10.8. The number of hydrogen-bond donors (Lipinski definition) is 0. The van der Waals surface area contributed by atoms with Crippen LogP contribution in [-0.2, 0) is 24.4 Å². The fourth-order valence-corrected chi connectivity index (χ4v) is 10.9. The zero-order chi connectivity index (χ0) is 16.1. The van der Waals surface area contributed by atoms with Gasteiger partial charge >= 0.3 is 0 Å². The molecule has 0 spiro atoms. The fraction of sp³-hybridized carbons (Fsp3) is 0.375. The highest BCUT2D eigenvalue weighted by Gasteiger charge is 2.80. The van der Waals surface area contributed by atoms with E-state index in [0.29, 0.717) is 0 Å². The van der Waals surface area contributed by atoms with Crippen molar-refractivity contribution in [1.82, 2.24) is 0 Å². The summed E-state index contributed by atoms with van der Waals surface area (Å²) in [5, 5.41) is 0. The quantitative estimate of drug-likeness (QED) is 0.661. The summed E-state index contributed by atoms with van der Waals surface area (Å²) in [5.74, 6) is 0. The lowest BCUT2D eigenvalue weighted by atomic mass is 9.74. The van der Waals surface area contributed by atoms with Crippen molar-refractivity contribution in [2.24, 2.45) is 0 Å². The largest absolute Gasteiger partial charge is 0.363 e. The number of sulfone groups is 2. The van der Waals surface area contributed by atoms with Crippen molar-refractivity contribution in [2.75, 3.05) is 0 Å². The first kappa shape index (κ1) is 13.9. The molecule has 5 rings (SSSR count). The van der Waals surface area contributed by atoms with Gasteiger partial charge in [-0.05, 0) is 25.0 Å². The molecule has 4 atom stereocenters. The zero-order valence-corrected chi connectivity index (χ0v) is 13.7. The minimum Gasteiger partial charge on any atom is -0.363 e. The van der Waals surface area contributed by atoms with Crippen LogP contribution >= 0.6 is 0 Å². The van der Waals surface area contributed by atoms with Crippen LogP contribution in [0.15, 0.2) is 58.4 Å². The zero-order valence-electron chi connectivity index (χ0n) is 12.0. The first-order valence-corrected chi connectivity index (χ1v) is 10.4. The Bertz CT molecular complexity index is 926. The number of fused-ring (bicyclic) bond motifs is 3. The summed E-state index contributed by atoms with van der Waals surface area (Å²) in [6, 6.07) is 5.93. The molecule has 1 aliphatic carbocycles. The first-order valence-electron chi connectivity index (χ1n) is 7.47. The van der Waals surface area contributed by atoms with Crippen LogP contribution in [0, 0.1) is 0 Å². The third kappa shape index (κ3) is 1.15. The smallest absolute Gasteiger partial charge is 0.190 e. The molecule has 5 nitrogen and oxygen atoms in total. The minimum atomic E-state index is -3.86. The molecule has 3 aliphatic heterocycles. The molecule has 0 saturated carbocycles. The normalized spacial score (nSPS) is 43.7. The molecule has 4 aliphatic rings. The molecule has 1 aromatic carbocycles.